The van der Waals surface area contributed by atoms with Crippen molar-refractivity contribution in [1.29, 1.82) is 0 Å². The molecule has 0 fully saturated rings. The standard InChI is InChI=1S/C10H18F3O4S2/c1-5-8(14)6-18(7-9(2,3)4)17-19(15,16)10(11,12)13/h5-7H2,1-4H3/q+1. The van der Waals surface area contributed by atoms with Gasteiger partial charge in [0.05, 0.1) is 0 Å². The van der Waals surface area contributed by atoms with Crippen LogP contribution in [0.4, 0.5) is 13.2 Å². The van der Waals surface area contributed by atoms with Crippen molar-refractivity contribution >= 4 is 27.1 Å². The molecule has 0 N–H and O–H groups in total. The Hall–Kier alpha value is -0.280. The molecule has 0 aromatic heterocycles. The highest BCUT2D eigenvalue weighted by molar-refractivity contribution is 8.03. The zero-order chi connectivity index (χ0) is 15.5. The number of Topliss-reactive ketones (excluding diaryl/α,β-unsaturated/α-hetero) is 1. The van der Waals surface area contributed by atoms with Gasteiger partial charge < -0.3 is 0 Å². The van der Waals surface area contributed by atoms with Crippen LogP contribution >= 0.6 is 0 Å². The first-order valence-corrected chi connectivity index (χ1v) is 8.38. The Labute approximate surface area is 114 Å². The van der Waals surface area contributed by atoms with Crippen molar-refractivity contribution in [3.05, 3.63) is 0 Å². The minimum atomic E-state index is -5.66. The molecule has 1 unspecified atom stereocenters. The van der Waals surface area contributed by atoms with Crippen LogP contribution in [-0.4, -0.2) is 31.2 Å². The number of alkyl halides is 3. The predicted molar refractivity (Wildman–Crippen MR) is 67.9 cm³/mol. The molecule has 0 heterocycles. The van der Waals surface area contributed by atoms with Gasteiger partial charge in [-0.15, -0.1) is 0 Å². The van der Waals surface area contributed by atoms with Crippen LogP contribution in [0.2, 0.25) is 0 Å². The van der Waals surface area contributed by atoms with E-state index in [9.17, 15) is 26.4 Å². The second-order valence-corrected chi connectivity index (χ2v) is 8.52. The third-order valence-corrected chi connectivity index (χ3v) is 5.66. The van der Waals surface area contributed by atoms with Gasteiger partial charge in [-0.25, -0.2) is 0 Å². The molecule has 0 aromatic carbocycles. The molecular weight excluding hydrogens is 305 g/mol. The Kier molecular flexibility index (Phi) is 6.35. The van der Waals surface area contributed by atoms with Crippen molar-refractivity contribution in [2.24, 2.45) is 5.41 Å². The summed E-state index contributed by atoms with van der Waals surface area (Å²) in [6, 6.07) is 0. The molecule has 9 heteroatoms. The van der Waals surface area contributed by atoms with Crippen LogP contribution in [0.25, 0.3) is 0 Å². The Morgan fingerprint density at radius 3 is 2.00 bits per heavy atom. The lowest BCUT2D eigenvalue weighted by atomic mass is 10.0. The van der Waals surface area contributed by atoms with Gasteiger partial charge >= 0.3 is 15.6 Å². The zero-order valence-electron chi connectivity index (χ0n) is 11.2. The van der Waals surface area contributed by atoms with E-state index < -0.39 is 32.2 Å². The first-order chi connectivity index (χ1) is 8.28. The smallest absolute Gasteiger partial charge is 0.294 e. The average molecular weight is 323 g/mol. The van der Waals surface area contributed by atoms with E-state index in [0.717, 1.165) is 0 Å². The molecular formula is C10H18F3O4S2+. The average Bonchev–Trinajstić information content (AvgIpc) is 2.11. The van der Waals surface area contributed by atoms with E-state index in [-0.39, 0.29) is 23.7 Å². The highest BCUT2D eigenvalue weighted by atomic mass is 32.3. The summed E-state index contributed by atoms with van der Waals surface area (Å²) in [5, 5.41) is 0. The molecule has 0 aliphatic carbocycles. The third-order valence-electron chi connectivity index (χ3n) is 1.78. The van der Waals surface area contributed by atoms with Crippen LogP contribution in [0.5, 0.6) is 0 Å². The summed E-state index contributed by atoms with van der Waals surface area (Å²) in [6.45, 7) is 6.74. The van der Waals surface area contributed by atoms with E-state index in [1.165, 1.54) is 0 Å². The van der Waals surface area contributed by atoms with Crippen molar-refractivity contribution in [2.75, 3.05) is 11.5 Å². The molecule has 1 atom stereocenters. The maximum Gasteiger partial charge on any atom is 0.527 e. The summed E-state index contributed by atoms with van der Waals surface area (Å²) < 4.78 is 62.9. The van der Waals surface area contributed by atoms with E-state index in [4.69, 9.17) is 0 Å². The summed E-state index contributed by atoms with van der Waals surface area (Å²) in [5.41, 5.74) is -5.91. The summed E-state index contributed by atoms with van der Waals surface area (Å²) >= 11 is -1.60. The molecule has 0 spiro atoms. The number of rotatable bonds is 6. The van der Waals surface area contributed by atoms with E-state index in [2.05, 4.69) is 3.63 Å². The fourth-order valence-corrected chi connectivity index (χ4v) is 4.37. The topological polar surface area (TPSA) is 60.4 Å². The molecule has 19 heavy (non-hydrogen) atoms. The molecule has 0 amide bonds. The first-order valence-electron chi connectivity index (χ1n) is 5.49. The lowest BCUT2D eigenvalue weighted by Crippen LogP contribution is -2.35. The van der Waals surface area contributed by atoms with Gasteiger partial charge in [0.1, 0.15) is 5.75 Å². The quantitative estimate of drug-likeness (QED) is 0.556. The normalized spacial score (nSPS) is 15.3. The van der Waals surface area contributed by atoms with Crippen LogP contribution in [0.15, 0.2) is 0 Å². The third kappa shape index (κ3) is 7.17. The molecule has 0 saturated carbocycles. The Bertz CT molecular complexity index is 409. The lowest BCUT2D eigenvalue weighted by Gasteiger charge is -2.17. The van der Waals surface area contributed by atoms with E-state index in [1.54, 1.807) is 27.7 Å². The summed E-state index contributed by atoms with van der Waals surface area (Å²) in [7, 11) is -5.66. The van der Waals surface area contributed by atoms with Gasteiger partial charge in [-0.1, -0.05) is 27.7 Å². The van der Waals surface area contributed by atoms with Crippen molar-refractivity contribution in [3.63, 3.8) is 0 Å². The van der Waals surface area contributed by atoms with Crippen LogP contribution in [0, 0.1) is 5.41 Å². The van der Waals surface area contributed by atoms with Crippen LogP contribution in [0.3, 0.4) is 0 Å². The van der Waals surface area contributed by atoms with Gasteiger partial charge in [0.15, 0.2) is 17.0 Å². The maximum absolute atomic E-state index is 12.3. The fraction of sp³-hybridized carbons (Fsp3) is 0.900. The number of hydrogen-bond acceptors (Lipinski definition) is 4. The van der Waals surface area contributed by atoms with E-state index >= 15 is 0 Å². The molecule has 0 aliphatic rings. The van der Waals surface area contributed by atoms with E-state index in [1.807, 2.05) is 0 Å². The van der Waals surface area contributed by atoms with Gasteiger partial charge in [-0.2, -0.15) is 21.6 Å². The molecule has 0 aromatic rings. The SMILES string of the molecule is CCC(=O)C[S+](CC(C)(C)C)OS(=O)(=O)C(F)(F)F. The van der Waals surface area contributed by atoms with Gasteiger partial charge in [-0.3, -0.25) is 4.79 Å². The largest absolute Gasteiger partial charge is 0.527 e. The molecule has 0 aliphatic heterocycles. The Morgan fingerprint density at radius 1 is 1.21 bits per heavy atom. The second kappa shape index (κ2) is 6.45. The molecule has 0 bridgehead atoms. The summed E-state index contributed by atoms with van der Waals surface area (Å²) in [4.78, 5) is 11.3. The Morgan fingerprint density at radius 2 is 1.68 bits per heavy atom. The number of carbonyl (C=O) groups excluding carboxylic acids is 1. The maximum atomic E-state index is 12.3. The molecule has 0 radical (unpaired) electrons. The van der Waals surface area contributed by atoms with Gasteiger partial charge in [0, 0.05) is 11.8 Å². The summed E-state index contributed by atoms with van der Waals surface area (Å²) in [5.74, 6) is -0.582. The molecule has 114 valence electrons. The number of hydrogen-bond donors (Lipinski definition) is 0. The second-order valence-electron chi connectivity index (χ2n) is 5.15. The summed E-state index contributed by atoms with van der Waals surface area (Å²) in [6.07, 6.45) is 0.128. The van der Waals surface area contributed by atoms with E-state index in [0.29, 0.717) is 0 Å². The monoisotopic (exact) mass is 323 g/mol. The molecule has 0 saturated heterocycles. The highest BCUT2D eigenvalue weighted by Gasteiger charge is 2.53. The number of carbonyl (C=O) groups is 1. The fourth-order valence-electron chi connectivity index (χ4n) is 1.03. The van der Waals surface area contributed by atoms with Crippen LogP contribution in [0.1, 0.15) is 34.1 Å². The lowest BCUT2D eigenvalue weighted by molar-refractivity contribution is -0.116. The number of ketones is 1. The molecule has 4 nitrogen and oxygen atoms in total. The first kappa shape index (κ1) is 18.7. The van der Waals surface area contributed by atoms with Crippen LogP contribution < -0.4 is 0 Å². The van der Waals surface area contributed by atoms with Crippen LogP contribution in [-0.2, 0) is 29.7 Å². The van der Waals surface area contributed by atoms with Crippen molar-refractivity contribution in [3.8, 4) is 0 Å². The zero-order valence-corrected chi connectivity index (χ0v) is 12.8. The highest BCUT2D eigenvalue weighted by Crippen LogP contribution is 2.29. The minimum Gasteiger partial charge on any atom is -0.294 e. The predicted octanol–water partition coefficient (Wildman–Crippen LogP) is 2.41. The van der Waals surface area contributed by atoms with Gasteiger partial charge in [0.25, 0.3) is 0 Å². The Balaban J connectivity index is 5.02. The van der Waals surface area contributed by atoms with Crippen molar-refractivity contribution in [1.82, 2.24) is 0 Å². The van der Waals surface area contributed by atoms with Gasteiger partial charge in [0.2, 0.25) is 5.75 Å². The van der Waals surface area contributed by atoms with Crippen molar-refractivity contribution in [2.45, 2.75) is 39.6 Å². The number of halogens is 3. The van der Waals surface area contributed by atoms with Gasteiger partial charge in [-0.05, 0) is 3.63 Å². The minimum absolute atomic E-state index is 0.0635. The molecule has 0 rings (SSSR count). The van der Waals surface area contributed by atoms with Crippen molar-refractivity contribution < 1.29 is 30.0 Å².